The molecule has 20 heavy (non-hydrogen) atoms. The fourth-order valence-corrected chi connectivity index (χ4v) is 1.63. The summed E-state index contributed by atoms with van der Waals surface area (Å²) in [6.07, 6.45) is 2.50. The molecule has 0 atom stereocenters. The zero-order chi connectivity index (χ0) is 14.6. The molecule has 0 aliphatic rings. The van der Waals surface area contributed by atoms with Gasteiger partial charge in [0.15, 0.2) is 0 Å². The number of unbranched alkanes of at least 4 members (excludes halogenated alkanes) is 1. The average molecular weight is 274 g/mol. The Balaban J connectivity index is 2.51. The number of rotatable bonds is 6. The molecule has 0 aliphatic heterocycles. The highest BCUT2D eigenvalue weighted by Crippen LogP contribution is 2.06. The Morgan fingerprint density at radius 1 is 1.30 bits per heavy atom. The molecule has 1 rings (SSSR count). The minimum absolute atomic E-state index is 0.0627. The van der Waals surface area contributed by atoms with Crippen LogP contribution >= 0.6 is 0 Å². The zero-order valence-electron chi connectivity index (χ0n) is 11.9. The highest BCUT2D eigenvalue weighted by atomic mass is 16.2. The number of hydrogen-bond acceptors (Lipinski definition) is 2. The molecule has 0 bridgehead atoms. The van der Waals surface area contributed by atoms with Crippen LogP contribution in [0.25, 0.3) is 0 Å². The van der Waals surface area contributed by atoms with Crippen molar-refractivity contribution >= 4 is 6.03 Å². The topological polar surface area (TPSA) is 61.4 Å². The Kier molecular flexibility index (Phi) is 7.93. The van der Waals surface area contributed by atoms with Crippen LogP contribution in [0.4, 0.5) is 4.79 Å². The van der Waals surface area contributed by atoms with Gasteiger partial charge < -0.3 is 15.7 Å². The second kappa shape index (κ2) is 9.88. The summed E-state index contributed by atoms with van der Waals surface area (Å²) in [7, 11) is 0. The molecule has 0 heterocycles. The lowest BCUT2D eigenvalue weighted by Gasteiger charge is -2.08. The minimum Gasteiger partial charge on any atom is -0.395 e. The van der Waals surface area contributed by atoms with Crippen LogP contribution < -0.4 is 10.6 Å². The van der Waals surface area contributed by atoms with E-state index in [2.05, 4.69) is 29.4 Å². The SMILES string of the molecule is CCCCNC(=O)NCc1ccccc1C#CCCO. The number of aliphatic hydroxyl groups excluding tert-OH is 1. The fraction of sp³-hybridized carbons (Fsp3) is 0.438. The predicted molar refractivity (Wildman–Crippen MR) is 80.2 cm³/mol. The monoisotopic (exact) mass is 274 g/mol. The van der Waals surface area contributed by atoms with Crippen LogP contribution in [0.5, 0.6) is 0 Å². The molecule has 1 aromatic carbocycles. The quantitative estimate of drug-likeness (QED) is 0.549. The van der Waals surface area contributed by atoms with E-state index in [0.717, 1.165) is 24.0 Å². The number of nitrogens with one attached hydrogen (secondary N) is 2. The highest BCUT2D eigenvalue weighted by molar-refractivity contribution is 5.73. The molecule has 4 heteroatoms. The molecule has 2 amide bonds. The van der Waals surface area contributed by atoms with E-state index in [1.807, 2.05) is 24.3 Å². The van der Waals surface area contributed by atoms with Crippen LogP contribution in [0.1, 0.15) is 37.3 Å². The summed E-state index contributed by atoms with van der Waals surface area (Å²) in [6.45, 7) is 3.29. The van der Waals surface area contributed by atoms with Crippen LogP contribution in [0.2, 0.25) is 0 Å². The van der Waals surface area contributed by atoms with E-state index in [1.165, 1.54) is 0 Å². The summed E-state index contributed by atoms with van der Waals surface area (Å²) in [5.74, 6) is 5.90. The molecule has 0 aliphatic carbocycles. The van der Waals surface area contributed by atoms with Gasteiger partial charge in [-0.05, 0) is 18.1 Å². The van der Waals surface area contributed by atoms with E-state index in [0.29, 0.717) is 19.5 Å². The first kappa shape index (κ1) is 16.1. The summed E-state index contributed by atoms with van der Waals surface area (Å²) < 4.78 is 0. The Bertz CT molecular complexity index is 475. The summed E-state index contributed by atoms with van der Waals surface area (Å²) in [5, 5.41) is 14.4. The van der Waals surface area contributed by atoms with Crippen molar-refractivity contribution in [3.63, 3.8) is 0 Å². The third-order valence-corrected chi connectivity index (χ3v) is 2.73. The molecular formula is C16H22N2O2. The summed E-state index contributed by atoms with van der Waals surface area (Å²) in [4.78, 5) is 11.6. The maximum Gasteiger partial charge on any atom is 0.315 e. The van der Waals surface area contributed by atoms with Crippen molar-refractivity contribution in [2.75, 3.05) is 13.2 Å². The number of amides is 2. The average Bonchev–Trinajstić information content (AvgIpc) is 2.47. The van der Waals surface area contributed by atoms with E-state index in [4.69, 9.17) is 5.11 Å². The molecule has 0 saturated heterocycles. The van der Waals surface area contributed by atoms with Gasteiger partial charge in [0.25, 0.3) is 0 Å². The van der Waals surface area contributed by atoms with Crippen molar-refractivity contribution in [2.24, 2.45) is 0 Å². The van der Waals surface area contributed by atoms with Gasteiger partial charge in [-0.2, -0.15) is 0 Å². The summed E-state index contributed by atoms with van der Waals surface area (Å²) >= 11 is 0. The molecule has 0 unspecified atom stereocenters. The molecule has 0 fully saturated rings. The first-order chi connectivity index (χ1) is 9.77. The van der Waals surface area contributed by atoms with Gasteiger partial charge in [-0.15, -0.1) is 0 Å². The molecule has 1 aromatic rings. The molecule has 0 radical (unpaired) electrons. The number of carbonyl (C=O) groups excluding carboxylic acids is 1. The van der Waals surface area contributed by atoms with Crippen LogP contribution in [-0.2, 0) is 6.54 Å². The summed E-state index contributed by atoms with van der Waals surface area (Å²) in [6, 6.07) is 7.53. The van der Waals surface area contributed by atoms with Crippen molar-refractivity contribution in [1.82, 2.24) is 10.6 Å². The first-order valence-corrected chi connectivity index (χ1v) is 6.97. The lowest BCUT2D eigenvalue weighted by Crippen LogP contribution is -2.35. The van der Waals surface area contributed by atoms with E-state index < -0.39 is 0 Å². The second-order valence-corrected chi connectivity index (χ2v) is 4.40. The highest BCUT2D eigenvalue weighted by Gasteiger charge is 2.02. The molecule has 3 N–H and O–H groups in total. The van der Waals surface area contributed by atoms with Crippen molar-refractivity contribution in [1.29, 1.82) is 0 Å². The number of hydrogen-bond donors (Lipinski definition) is 3. The Morgan fingerprint density at radius 2 is 2.10 bits per heavy atom. The van der Waals surface area contributed by atoms with Gasteiger partial charge >= 0.3 is 6.03 Å². The molecule has 0 saturated carbocycles. The van der Waals surface area contributed by atoms with Gasteiger partial charge in [-0.1, -0.05) is 43.4 Å². The van der Waals surface area contributed by atoms with Crippen molar-refractivity contribution in [2.45, 2.75) is 32.7 Å². The van der Waals surface area contributed by atoms with Crippen LogP contribution in [-0.4, -0.2) is 24.3 Å². The fourth-order valence-electron chi connectivity index (χ4n) is 1.63. The van der Waals surface area contributed by atoms with Gasteiger partial charge in [0, 0.05) is 25.1 Å². The first-order valence-electron chi connectivity index (χ1n) is 6.97. The standard InChI is InChI=1S/C16H22N2O2/c1-2-3-11-17-16(20)18-13-15-10-5-4-8-14(15)9-6-7-12-19/h4-5,8,10,19H,2-3,7,11-13H2,1H3,(H2,17,18,20). The van der Waals surface area contributed by atoms with Crippen LogP contribution in [0, 0.1) is 11.8 Å². The Hall–Kier alpha value is -1.99. The second-order valence-electron chi connectivity index (χ2n) is 4.40. The van der Waals surface area contributed by atoms with Crippen LogP contribution in [0.15, 0.2) is 24.3 Å². The largest absolute Gasteiger partial charge is 0.395 e. The maximum atomic E-state index is 11.6. The van der Waals surface area contributed by atoms with Gasteiger partial charge in [-0.25, -0.2) is 4.79 Å². The molecule has 4 nitrogen and oxygen atoms in total. The number of urea groups is 1. The van der Waals surface area contributed by atoms with Gasteiger partial charge in [0.1, 0.15) is 0 Å². The third kappa shape index (κ3) is 6.26. The van der Waals surface area contributed by atoms with E-state index >= 15 is 0 Å². The number of carbonyl (C=O) groups is 1. The van der Waals surface area contributed by atoms with Crippen molar-refractivity contribution in [3.05, 3.63) is 35.4 Å². The Labute approximate surface area is 120 Å². The number of benzene rings is 1. The smallest absolute Gasteiger partial charge is 0.315 e. The predicted octanol–water partition coefficient (Wildman–Crippen LogP) is 2.02. The lowest BCUT2D eigenvalue weighted by molar-refractivity contribution is 0.240. The minimum atomic E-state index is -0.156. The van der Waals surface area contributed by atoms with Gasteiger partial charge in [-0.3, -0.25) is 0 Å². The molecular weight excluding hydrogens is 252 g/mol. The normalized spacial score (nSPS) is 9.50. The third-order valence-electron chi connectivity index (χ3n) is 2.73. The van der Waals surface area contributed by atoms with Gasteiger partial charge in [0.05, 0.1) is 6.61 Å². The molecule has 0 aromatic heterocycles. The van der Waals surface area contributed by atoms with E-state index in [9.17, 15) is 4.79 Å². The van der Waals surface area contributed by atoms with Crippen LogP contribution in [0.3, 0.4) is 0 Å². The lowest BCUT2D eigenvalue weighted by atomic mass is 10.1. The van der Waals surface area contributed by atoms with Gasteiger partial charge in [0.2, 0.25) is 0 Å². The molecule has 0 spiro atoms. The molecule has 108 valence electrons. The number of aliphatic hydroxyl groups is 1. The zero-order valence-corrected chi connectivity index (χ0v) is 11.9. The van der Waals surface area contributed by atoms with Crippen molar-refractivity contribution in [3.8, 4) is 11.8 Å². The van der Waals surface area contributed by atoms with Crippen molar-refractivity contribution < 1.29 is 9.90 Å². The van der Waals surface area contributed by atoms with E-state index in [-0.39, 0.29) is 12.6 Å². The van der Waals surface area contributed by atoms with E-state index in [1.54, 1.807) is 0 Å². The Morgan fingerprint density at radius 3 is 2.85 bits per heavy atom. The summed E-state index contributed by atoms with van der Waals surface area (Å²) in [5.41, 5.74) is 1.86. The maximum absolute atomic E-state index is 11.6.